The minimum absolute atomic E-state index is 0.139. The maximum absolute atomic E-state index is 12.2. The van der Waals surface area contributed by atoms with Gasteiger partial charge in [-0.1, -0.05) is 30.3 Å². The smallest absolute Gasteiger partial charge is 0.319 e. The van der Waals surface area contributed by atoms with Crippen molar-refractivity contribution in [1.82, 2.24) is 20.2 Å². The molecule has 1 aromatic heterocycles. The Kier molecular flexibility index (Phi) is 6.38. The van der Waals surface area contributed by atoms with Crippen LogP contribution in [0.2, 0.25) is 0 Å². The molecule has 0 saturated carbocycles. The highest BCUT2D eigenvalue weighted by molar-refractivity contribution is 5.92. The number of benzene rings is 1. The molecule has 1 aliphatic rings. The van der Waals surface area contributed by atoms with Gasteiger partial charge in [0.25, 0.3) is 0 Å². The summed E-state index contributed by atoms with van der Waals surface area (Å²) in [5, 5.41) is 3.05. The Bertz CT molecular complexity index is 795. The Morgan fingerprint density at radius 1 is 1.30 bits per heavy atom. The van der Waals surface area contributed by atoms with Gasteiger partial charge in [0.05, 0.1) is 19.8 Å². The molecule has 1 saturated heterocycles. The first-order valence-corrected chi connectivity index (χ1v) is 8.88. The number of carbonyl (C=O) groups is 1. The third kappa shape index (κ3) is 5.27. The van der Waals surface area contributed by atoms with Crippen molar-refractivity contribution in [3.05, 3.63) is 53.7 Å². The molecule has 27 heavy (non-hydrogen) atoms. The first kappa shape index (κ1) is 18.8. The van der Waals surface area contributed by atoms with Crippen molar-refractivity contribution in [2.24, 2.45) is 0 Å². The Labute approximate surface area is 159 Å². The van der Waals surface area contributed by atoms with E-state index in [1.807, 2.05) is 18.2 Å². The Morgan fingerprint density at radius 2 is 2.11 bits per heavy atom. The molecular formula is C20H24N4O3. The van der Waals surface area contributed by atoms with E-state index in [4.69, 9.17) is 9.47 Å². The van der Waals surface area contributed by atoms with Crippen LogP contribution in [0.5, 0.6) is 11.9 Å². The van der Waals surface area contributed by atoms with Gasteiger partial charge in [-0.2, -0.15) is 4.98 Å². The molecule has 1 unspecified atom stereocenters. The maximum Gasteiger partial charge on any atom is 0.319 e. The van der Waals surface area contributed by atoms with Crippen LogP contribution < -0.4 is 14.8 Å². The number of nitrogens with one attached hydrogen (secondary N) is 1. The predicted molar refractivity (Wildman–Crippen MR) is 102 cm³/mol. The van der Waals surface area contributed by atoms with E-state index in [1.54, 1.807) is 12.3 Å². The van der Waals surface area contributed by atoms with E-state index in [9.17, 15) is 4.79 Å². The third-order valence-electron chi connectivity index (χ3n) is 4.42. The maximum atomic E-state index is 12.2. The van der Waals surface area contributed by atoms with E-state index in [2.05, 4.69) is 32.3 Å². The molecule has 7 nitrogen and oxygen atoms in total. The van der Waals surface area contributed by atoms with Crippen LogP contribution in [-0.4, -0.2) is 54.1 Å². The first-order valence-electron chi connectivity index (χ1n) is 8.88. The molecule has 2 aromatic rings. The van der Waals surface area contributed by atoms with E-state index < -0.39 is 0 Å². The molecule has 3 rings (SSSR count). The molecule has 0 spiro atoms. The lowest BCUT2D eigenvalue weighted by molar-refractivity contribution is -0.117. The molecular weight excluding hydrogens is 344 g/mol. The molecule has 1 fully saturated rings. The van der Waals surface area contributed by atoms with Crippen molar-refractivity contribution in [3.63, 3.8) is 0 Å². The summed E-state index contributed by atoms with van der Waals surface area (Å²) in [6.45, 7) is 2.73. The third-order valence-corrected chi connectivity index (χ3v) is 4.42. The number of carbonyl (C=O) groups excluding carboxylic acids is 1. The van der Waals surface area contributed by atoms with Gasteiger partial charge in [-0.15, -0.1) is 0 Å². The summed E-state index contributed by atoms with van der Waals surface area (Å²) in [4.78, 5) is 22.7. The van der Waals surface area contributed by atoms with Gasteiger partial charge in [0.1, 0.15) is 0 Å². The Hall–Kier alpha value is -2.93. The molecule has 1 amide bonds. The van der Waals surface area contributed by atoms with Crippen molar-refractivity contribution in [1.29, 1.82) is 0 Å². The predicted octanol–water partition coefficient (Wildman–Crippen LogP) is 1.90. The number of hydrogen-bond donors (Lipinski definition) is 1. The fraction of sp³-hybridized carbons (Fsp3) is 0.350. The molecule has 0 aliphatic carbocycles. The summed E-state index contributed by atoms with van der Waals surface area (Å²) in [5.74, 6) is 0.222. The van der Waals surface area contributed by atoms with Gasteiger partial charge < -0.3 is 14.8 Å². The number of ether oxygens (including phenoxy) is 2. The van der Waals surface area contributed by atoms with Crippen molar-refractivity contribution in [3.8, 4) is 11.9 Å². The van der Waals surface area contributed by atoms with Crippen LogP contribution in [-0.2, 0) is 11.3 Å². The number of hydrogen-bond acceptors (Lipinski definition) is 6. The Balaban J connectivity index is 1.52. The van der Waals surface area contributed by atoms with Crippen molar-refractivity contribution >= 4 is 12.0 Å². The van der Waals surface area contributed by atoms with E-state index in [0.29, 0.717) is 11.4 Å². The fourth-order valence-electron chi connectivity index (χ4n) is 3.09. The van der Waals surface area contributed by atoms with Gasteiger partial charge in [-0.05, 0) is 18.1 Å². The van der Waals surface area contributed by atoms with E-state index >= 15 is 0 Å². The first-order chi connectivity index (χ1) is 13.2. The minimum Gasteiger partial charge on any atom is -0.480 e. The van der Waals surface area contributed by atoms with Crippen LogP contribution in [0.4, 0.5) is 0 Å². The van der Waals surface area contributed by atoms with Crippen molar-refractivity contribution in [2.75, 3.05) is 27.3 Å². The highest BCUT2D eigenvalue weighted by atomic mass is 16.5. The molecule has 1 aromatic carbocycles. The van der Waals surface area contributed by atoms with Gasteiger partial charge >= 0.3 is 6.01 Å². The fourth-order valence-corrected chi connectivity index (χ4v) is 3.09. The lowest BCUT2D eigenvalue weighted by Gasteiger charge is -2.16. The van der Waals surface area contributed by atoms with Crippen LogP contribution in [0, 0.1) is 0 Å². The summed E-state index contributed by atoms with van der Waals surface area (Å²) < 4.78 is 10.2. The van der Waals surface area contributed by atoms with Crippen molar-refractivity contribution in [2.45, 2.75) is 19.0 Å². The second-order valence-electron chi connectivity index (χ2n) is 6.37. The quantitative estimate of drug-likeness (QED) is 0.752. The molecule has 1 atom stereocenters. The molecule has 142 valence electrons. The molecule has 1 aliphatic heterocycles. The van der Waals surface area contributed by atoms with Gasteiger partial charge in [-0.3, -0.25) is 9.69 Å². The zero-order valence-corrected chi connectivity index (χ0v) is 15.6. The Morgan fingerprint density at radius 3 is 2.85 bits per heavy atom. The monoisotopic (exact) mass is 368 g/mol. The van der Waals surface area contributed by atoms with E-state index in [-0.39, 0.29) is 18.0 Å². The normalized spacial score (nSPS) is 17.2. The van der Waals surface area contributed by atoms with Crippen LogP contribution >= 0.6 is 0 Å². The zero-order valence-electron chi connectivity index (χ0n) is 15.6. The number of methoxy groups -OCH3 is 2. The van der Waals surface area contributed by atoms with Gasteiger partial charge in [-0.25, -0.2) is 4.98 Å². The van der Waals surface area contributed by atoms with Crippen LogP contribution in [0.3, 0.4) is 0 Å². The number of rotatable bonds is 7. The SMILES string of the molecule is COc1ncc(/C=C/C(=O)NC2CCN(Cc3ccccc3)C2)c(OC)n1. The number of amides is 1. The zero-order chi connectivity index (χ0) is 19.1. The lowest BCUT2D eigenvalue weighted by atomic mass is 10.2. The average molecular weight is 368 g/mol. The second kappa shape index (κ2) is 9.14. The molecule has 2 heterocycles. The highest BCUT2D eigenvalue weighted by Crippen LogP contribution is 2.18. The molecule has 0 bridgehead atoms. The summed E-state index contributed by atoms with van der Waals surface area (Å²) in [6.07, 6.45) is 5.63. The highest BCUT2D eigenvalue weighted by Gasteiger charge is 2.23. The lowest BCUT2D eigenvalue weighted by Crippen LogP contribution is -2.35. The topological polar surface area (TPSA) is 76.6 Å². The van der Waals surface area contributed by atoms with Crippen molar-refractivity contribution < 1.29 is 14.3 Å². The number of likely N-dealkylation sites (tertiary alicyclic amines) is 1. The van der Waals surface area contributed by atoms with E-state index in [0.717, 1.165) is 26.1 Å². The average Bonchev–Trinajstić information content (AvgIpc) is 3.13. The summed E-state index contributed by atoms with van der Waals surface area (Å²) in [7, 11) is 3.00. The minimum atomic E-state index is -0.139. The molecule has 0 radical (unpaired) electrons. The standard InChI is InChI=1S/C20H24N4O3/c1-26-19-16(12-21-20(23-19)27-2)8-9-18(25)22-17-10-11-24(14-17)13-15-6-4-3-5-7-15/h3-9,12,17H,10-11,13-14H2,1-2H3,(H,22,25)/b9-8+. The van der Waals surface area contributed by atoms with Gasteiger partial charge in [0.2, 0.25) is 11.8 Å². The summed E-state index contributed by atoms with van der Waals surface area (Å²) >= 11 is 0. The van der Waals surface area contributed by atoms with Crippen LogP contribution in [0.1, 0.15) is 17.5 Å². The van der Waals surface area contributed by atoms with Gasteiger partial charge in [0, 0.05) is 37.9 Å². The van der Waals surface area contributed by atoms with Gasteiger partial charge in [0.15, 0.2) is 0 Å². The summed E-state index contributed by atoms with van der Waals surface area (Å²) in [6, 6.07) is 10.7. The number of aromatic nitrogens is 2. The second-order valence-corrected chi connectivity index (χ2v) is 6.37. The largest absolute Gasteiger partial charge is 0.480 e. The molecule has 1 N–H and O–H groups in total. The molecule has 7 heteroatoms. The van der Waals surface area contributed by atoms with E-state index in [1.165, 1.54) is 25.9 Å². The van der Waals surface area contributed by atoms with Crippen LogP contribution in [0.25, 0.3) is 6.08 Å². The number of nitrogens with zero attached hydrogens (tertiary/aromatic N) is 3. The summed E-state index contributed by atoms with van der Waals surface area (Å²) in [5.41, 5.74) is 1.90. The van der Waals surface area contributed by atoms with Crippen LogP contribution in [0.15, 0.2) is 42.6 Å².